The van der Waals surface area contributed by atoms with Gasteiger partial charge in [0.25, 0.3) is 0 Å². The summed E-state index contributed by atoms with van der Waals surface area (Å²) in [6, 6.07) is 5.78. The summed E-state index contributed by atoms with van der Waals surface area (Å²) in [4.78, 5) is -0.178. The number of benzene rings is 1. The Balaban J connectivity index is 0.000000446. The zero-order valence-corrected chi connectivity index (χ0v) is 16.9. The highest BCUT2D eigenvalue weighted by atomic mass is 32.2. The van der Waals surface area contributed by atoms with Crippen LogP contribution in [-0.4, -0.2) is 43.6 Å². The van der Waals surface area contributed by atoms with E-state index in [2.05, 4.69) is 27.7 Å². The van der Waals surface area contributed by atoms with E-state index in [1.165, 1.54) is 68.5 Å². The first kappa shape index (κ1) is 23.1. The van der Waals surface area contributed by atoms with Crippen LogP contribution < -0.4 is 0 Å². The van der Waals surface area contributed by atoms with Gasteiger partial charge in [-0.15, -0.1) is 0 Å². The molecule has 0 aliphatic carbocycles. The molecule has 4 nitrogen and oxygen atoms in total. The molecule has 1 aromatic rings. The van der Waals surface area contributed by atoms with Crippen LogP contribution in [0.3, 0.4) is 0 Å². The molecule has 0 aliphatic heterocycles. The Morgan fingerprint density at radius 3 is 1.38 bits per heavy atom. The largest absolute Gasteiger partial charge is 0.744 e. The molecular formula is C19H35NO3S. The topological polar surface area (TPSA) is 57.2 Å². The van der Waals surface area contributed by atoms with E-state index in [9.17, 15) is 13.0 Å². The molecule has 0 unspecified atom stereocenters. The van der Waals surface area contributed by atoms with Crippen LogP contribution in [0.4, 0.5) is 0 Å². The molecule has 0 N–H and O–H groups in total. The van der Waals surface area contributed by atoms with Crippen molar-refractivity contribution in [3.05, 3.63) is 29.8 Å². The fourth-order valence-corrected chi connectivity index (χ4v) is 3.74. The van der Waals surface area contributed by atoms with Gasteiger partial charge in [-0.25, -0.2) is 8.42 Å². The Hall–Kier alpha value is -0.910. The highest BCUT2D eigenvalue weighted by molar-refractivity contribution is 7.85. The molecular weight excluding hydrogens is 322 g/mol. The lowest BCUT2D eigenvalue weighted by molar-refractivity contribution is -0.928. The third kappa shape index (κ3) is 8.81. The average Bonchev–Trinajstić information content (AvgIpc) is 2.48. The third-order valence-electron chi connectivity index (χ3n) is 4.10. The van der Waals surface area contributed by atoms with Crippen LogP contribution >= 0.6 is 0 Å². The van der Waals surface area contributed by atoms with Gasteiger partial charge in [-0.05, 0) is 44.7 Å². The molecule has 24 heavy (non-hydrogen) atoms. The van der Waals surface area contributed by atoms with Gasteiger partial charge in [0.1, 0.15) is 10.1 Å². The van der Waals surface area contributed by atoms with Gasteiger partial charge in [0.15, 0.2) is 0 Å². The monoisotopic (exact) mass is 357 g/mol. The smallest absolute Gasteiger partial charge is 0.124 e. The van der Waals surface area contributed by atoms with E-state index in [4.69, 9.17) is 0 Å². The van der Waals surface area contributed by atoms with Crippen LogP contribution in [0.2, 0.25) is 0 Å². The van der Waals surface area contributed by atoms with Crippen LogP contribution in [0.15, 0.2) is 29.2 Å². The predicted molar refractivity (Wildman–Crippen MR) is 100 cm³/mol. The summed E-state index contributed by atoms with van der Waals surface area (Å²) in [6.45, 7) is 16.6. The first-order chi connectivity index (χ1) is 11.2. The molecule has 1 aromatic carbocycles. The molecule has 0 spiro atoms. The van der Waals surface area contributed by atoms with Crippen molar-refractivity contribution in [2.24, 2.45) is 0 Å². The van der Waals surface area contributed by atoms with E-state index in [0.29, 0.717) is 0 Å². The Morgan fingerprint density at radius 2 is 1.12 bits per heavy atom. The molecule has 0 atom stereocenters. The van der Waals surface area contributed by atoms with Gasteiger partial charge in [-0.1, -0.05) is 45.4 Å². The summed E-state index contributed by atoms with van der Waals surface area (Å²) in [5, 5.41) is 0. The fourth-order valence-electron chi connectivity index (χ4n) is 3.27. The number of nitrogens with zero attached hydrogens (tertiary/aromatic N) is 1. The van der Waals surface area contributed by atoms with Crippen LogP contribution in [0.1, 0.15) is 58.9 Å². The first-order valence-electron chi connectivity index (χ1n) is 9.12. The first-order valence-corrected chi connectivity index (χ1v) is 10.5. The highest BCUT2D eigenvalue weighted by Crippen LogP contribution is 2.12. The van der Waals surface area contributed by atoms with Crippen LogP contribution in [-0.2, 0) is 10.1 Å². The predicted octanol–water partition coefficient (Wildman–Crippen LogP) is 4.34. The zero-order chi connectivity index (χ0) is 18.6. The van der Waals surface area contributed by atoms with Crippen molar-refractivity contribution in [3.63, 3.8) is 0 Å². The number of rotatable bonds is 9. The fraction of sp³-hybridized carbons (Fsp3) is 0.684. The Morgan fingerprint density at radius 1 is 0.792 bits per heavy atom. The van der Waals surface area contributed by atoms with Gasteiger partial charge in [-0.2, -0.15) is 0 Å². The second-order valence-electron chi connectivity index (χ2n) is 6.50. The lowest BCUT2D eigenvalue weighted by Gasteiger charge is -2.38. The SMILES string of the molecule is CCC[N+](CCC)(CCC)CCC.Cc1ccc(S(=O)(=O)[O-])cc1. The molecule has 0 saturated heterocycles. The van der Waals surface area contributed by atoms with E-state index in [1.54, 1.807) is 12.1 Å². The molecule has 140 valence electrons. The van der Waals surface area contributed by atoms with Crippen LogP contribution in [0, 0.1) is 6.92 Å². The minimum atomic E-state index is -4.27. The molecule has 0 aliphatic rings. The van der Waals surface area contributed by atoms with Crippen molar-refractivity contribution in [3.8, 4) is 0 Å². The second-order valence-corrected chi connectivity index (χ2v) is 7.88. The molecule has 0 amide bonds. The minimum absolute atomic E-state index is 0.178. The lowest BCUT2D eigenvalue weighted by atomic mass is 10.2. The molecule has 5 heteroatoms. The number of quaternary nitrogens is 1. The van der Waals surface area contributed by atoms with Crippen molar-refractivity contribution in [1.82, 2.24) is 0 Å². The highest BCUT2D eigenvalue weighted by Gasteiger charge is 2.22. The zero-order valence-electron chi connectivity index (χ0n) is 16.0. The normalized spacial score (nSPS) is 11.8. The van der Waals surface area contributed by atoms with Crippen LogP contribution in [0.5, 0.6) is 0 Å². The van der Waals surface area contributed by atoms with Crippen molar-refractivity contribution in [2.75, 3.05) is 26.2 Å². The molecule has 0 radical (unpaired) electrons. The minimum Gasteiger partial charge on any atom is -0.744 e. The number of hydrogen-bond donors (Lipinski definition) is 0. The maximum atomic E-state index is 10.4. The van der Waals surface area contributed by atoms with E-state index in [-0.39, 0.29) is 4.90 Å². The van der Waals surface area contributed by atoms with E-state index >= 15 is 0 Å². The summed E-state index contributed by atoms with van der Waals surface area (Å²) < 4.78 is 32.5. The average molecular weight is 358 g/mol. The van der Waals surface area contributed by atoms with Crippen molar-refractivity contribution in [1.29, 1.82) is 0 Å². The molecule has 0 bridgehead atoms. The van der Waals surface area contributed by atoms with Gasteiger partial charge in [0, 0.05) is 0 Å². The summed E-state index contributed by atoms with van der Waals surface area (Å²) in [7, 11) is -4.27. The molecule has 0 saturated carbocycles. The van der Waals surface area contributed by atoms with Gasteiger partial charge < -0.3 is 9.04 Å². The maximum Gasteiger partial charge on any atom is 0.124 e. The van der Waals surface area contributed by atoms with Gasteiger partial charge in [-0.3, -0.25) is 0 Å². The van der Waals surface area contributed by atoms with E-state index in [0.717, 1.165) is 5.56 Å². The Bertz CT molecular complexity index is 509. The van der Waals surface area contributed by atoms with Crippen molar-refractivity contribution < 1.29 is 17.5 Å². The second kappa shape index (κ2) is 11.6. The Kier molecular flexibility index (Phi) is 11.2. The number of aryl methyl sites for hydroxylation is 1. The maximum absolute atomic E-state index is 10.4. The molecule has 0 heterocycles. The molecule has 0 aromatic heterocycles. The quantitative estimate of drug-likeness (QED) is 0.488. The van der Waals surface area contributed by atoms with E-state index in [1.807, 2.05) is 6.92 Å². The summed E-state index contributed by atoms with van der Waals surface area (Å²) >= 11 is 0. The summed E-state index contributed by atoms with van der Waals surface area (Å²) in [5.41, 5.74) is 0.928. The summed E-state index contributed by atoms with van der Waals surface area (Å²) in [5.74, 6) is 0. The van der Waals surface area contributed by atoms with Crippen molar-refractivity contribution in [2.45, 2.75) is 65.2 Å². The third-order valence-corrected chi connectivity index (χ3v) is 4.95. The lowest BCUT2D eigenvalue weighted by Crippen LogP contribution is -2.50. The van der Waals surface area contributed by atoms with Gasteiger partial charge in [0.2, 0.25) is 0 Å². The van der Waals surface area contributed by atoms with Crippen LogP contribution in [0.25, 0.3) is 0 Å². The van der Waals surface area contributed by atoms with Gasteiger partial charge >= 0.3 is 0 Å². The Labute approximate surface area is 149 Å². The van der Waals surface area contributed by atoms with Gasteiger partial charge in [0.05, 0.1) is 31.1 Å². The standard InChI is InChI=1S/C12H28N.C7H8O3S/c1-5-9-13(10-6-2,11-7-3)12-8-4;1-6-2-4-7(5-3-6)11(8,9)10/h5-12H2,1-4H3;2-5H,1H3,(H,8,9,10)/q+1;/p-1. The van der Waals surface area contributed by atoms with Crippen molar-refractivity contribution >= 4 is 10.1 Å². The number of hydrogen-bond acceptors (Lipinski definition) is 3. The molecule has 1 rings (SSSR count). The summed E-state index contributed by atoms with van der Waals surface area (Å²) in [6.07, 6.45) is 5.33. The van der Waals surface area contributed by atoms with E-state index < -0.39 is 10.1 Å². The molecule has 0 fully saturated rings.